The zero-order valence-electron chi connectivity index (χ0n) is 18.4. The fraction of sp³-hybridized carbons (Fsp3) is 0.545. The van der Waals surface area contributed by atoms with Gasteiger partial charge < -0.3 is 14.7 Å². The summed E-state index contributed by atoms with van der Waals surface area (Å²) in [5.41, 5.74) is 3.82. The molecule has 2 aliphatic heterocycles. The third kappa shape index (κ3) is 4.98. The summed E-state index contributed by atoms with van der Waals surface area (Å²) in [6.07, 6.45) is 1.86. The third-order valence-electron chi connectivity index (χ3n) is 6.04. The van der Waals surface area contributed by atoms with Crippen molar-refractivity contribution in [1.29, 1.82) is 0 Å². The van der Waals surface area contributed by atoms with Crippen LogP contribution in [0.3, 0.4) is 0 Å². The van der Waals surface area contributed by atoms with Crippen molar-refractivity contribution < 1.29 is 9.59 Å². The number of piperazine rings is 1. The molecule has 1 atom stereocenters. The molecule has 2 aromatic rings. The molecular weight excluding hydrogens is 412 g/mol. The maximum absolute atomic E-state index is 13.2. The molecule has 166 valence electrons. The molecule has 0 bridgehead atoms. The number of hydrogen-bond donors (Lipinski definition) is 1. The van der Waals surface area contributed by atoms with Crippen LogP contribution < -0.4 is 15.1 Å². The monoisotopic (exact) mass is 442 g/mol. The summed E-state index contributed by atoms with van der Waals surface area (Å²) in [5.74, 6) is 0.380. The second kappa shape index (κ2) is 9.21. The molecular formula is C22H30N6O2S. The highest BCUT2D eigenvalue weighted by atomic mass is 32.1. The Kier molecular flexibility index (Phi) is 6.41. The number of amides is 2. The normalized spacial score (nSPS) is 19.5. The van der Waals surface area contributed by atoms with Crippen LogP contribution in [0.2, 0.25) is 0 Å². The first kappa shape index (κ1) is 21.5. The average Bonchev–Trinajstić information content (AvgIpc) is 3.23. The lowest BCUT2D eigenvalue weighted by Gasteiger charge is -2.40. The first-order valence-electron chi connectivity index (χ1n) is 10.9. The summed E-state index contributed by atoms with van der Waals surface area (Å²) in [4.78, 5) is 35.4. The lowest BCUT2D eigenvalue weighted by atomic mass is 9.96. The first-order valence-corrected chi connectivity index (χ1v) is 11.7. The zero-order chi connectivity index (χ0) is 22.0. The molecule has 0 saturated carbocycles. The lowest BCUT2D eigenvalue weighted by molar-refractivity contribution is -0.136. The molecule has 31 heavy (non-hydrogen) atoms. The van der Waals surface area contributed by atoms with Gasteiger partial charge in [0.1, 0.15) is 0 Å². The number of carbonyl (C=O) groups excluding carboxylic acids is 2. The first-order chi connectivity index (χ1) is 14.9. The van der Waals surface area contributed by atoms with Crippen molar-refractivity contribution in [2.75, 3.05) is 54.4 Å². The number of nitrogens with one attached hydrogen (secondary N) is 1. The Balaban J connectivity index is 1.35. The molecule has 4 rings (SSSR count). The number of piperidine rings is 1. The number of benzene rings is 1. The van der Waals surface area contributed by atoms with Crippen LogP contribution in [0.25, 0.3) is 0 Å². The van der Waals surface area contributed by atoms with E-state index < -0.39 is 0 Å². The van der Waals surface area contributed by atoms with Gasteiger partial charge in [-0.05, 0) is 43.9 Å². The molecule has 2 amide bonds. The third-order valence-corrected chi connectivity index (χ3v) is 6.82. The van der Waals surface area contributed by atoms with Gasteiger partial charge in [-0.3, -0.25) is 14.9 Å². The van der Waals surface area contributed by atoms with Crippen molar-refractivity contribution in [3.05, 3.63) is 29.3 Å². The predicted molar refractivity (Wildman–Crippen MR) is 124 cm³/mol. The van der Waals surface area contributed by atoms with E-state index in [9.17, 15) is 9.59 Å². The summed E-state index contributed by atoms with van der Waals surface area (Å²) in [5, 5.41) is 3.38. The summed E-state index contributed by atoms with van der Waals surface area (Å²) in [6.45, 7) is 10.5. The van der Waals surface area contributed by atoms with Crippen molar-refractivity contribution in [3.63, 3.8) is 0 Å². The van der Waals surface area contributed by atoms with E-state index in [0.29, 0.717) is 12.5 Å². The Morgan fingerprint density at radius 2 is 1.87 bits per heavy atom. The van der Waals surface area contributed by atoms with Crippen LogP contribution in [0.15, 0.2) is 18.2 Å². The van der Waals surface area contributed by atoms with Crippen molar-refractivity contribution in [2.24, 2.45) is 5.92 Å². The van der Waals surface area contributed by atoms with Crippen molar-refractivity contribution in [1.82, 2.24) is 14.3 Å². The topological polar surface area (TPSA) is 81.7 Å². The Hall–Kier alpha value is -2.68. The van der Waals surface area contributed by atoms with E-state index in [1.165, 1.54) is 35.3 Å². The van der Waals surface area contributed by atoms with Crippen molar-refractivity contribution in [3.8, 4) is 0 Å². The van der Waals surface area contributed by atoms with Gasteiger partial charge in [-0.2, -0.15) is 9.36 Å². The number of hydrogen-bond acceptors (Lipinski definition) is 7. The van der Waals surface area contributed by atoms with E-state index in [0.717, 1.165) is 50.7 Å². The van der Waals surface area contributed by atoms with E-state index in [4.69, 9.17) is 0 Å². The fourth-order valence-corrected chi connectivity index (χ4v) is 5.05. The van der Waals surface area contributed by atoms with E-state index >= 15 is 0 Å². The number of aryl methyl sites for hydroxylation is 2. The van der Waals surface area contributed by atoms with Crippen LogP contribution in [-0.4, -0.2) is 65.3 Å². The highest BCUT2D eigenvalue weighted by Crippen LogP contribution is 2.28. The van der Waals surface area contributed by atoms with Crippen LogP contribution in [0.4, 0.5) is 16.8 Å². The highest BCUT2D eigenvalue weighted by Gasteiger charge is 2.32. The SMILES string of the molecule is CC(=O)Nc1nsc(N2CCC[C@H](C(=O)N3CCN(c4cc(C)ccc4C)CC3)C2)n1. The van der Waals surface area contributed by atoms with Gasteiger partial charge in [0.15, 0.2) is 0 Å². The summed E-state index contributed by atoms with van der Waals surface area (Å²) < 4.78 is 4.20. The summed E-state index contributed by atoms with van der Waals surface area (Å²) >= 11 is 1.27. The van der Waals surface area contributed by atoms with Crippen LogP contribution >= 0.6 is 11.5 Å². The lowest BCUT2D eigenvalue weighted by Crippen LogP contribution is -2.52. The fourth-order valence-electron chi connectivity index (χ4n) is 4.39. The van der Waals surface area contributed by atoms with Gasteiger partial charge in [0.2, 0.25) is 22.9 Å². The van der Waals surface area contributed by atoms with Gasteiger partial charge in [0.25, 0.3) is 0 Å². The molecule has 2 saturated heterocycles. The molecule has 0 unspecified atom stereocenters. The van der Waals surface area contributed by atoms with Crippen molar-refractivity contribution in [2.45, 2.75) is 33.6 Å². The smallest absolute Gasteiger partial charge is 0.243 e. The molecule has 9 heteroatoms. The van der Waals surface area contributed by atoms with Gasteiger partial charge in [0.05, 0.1) is 5.92 Å². The maximum Gasteiger partial charge on any atom is 0.243 e. The average molecular weight is 443 g/mol. The quantitative estimate of drug-likeness (QED) is 0.784. The van der Waals surface area contributed by atoms with E-state index in [1.54, 1.807) is 0 Å². The molecule has 1 aromatic heterocycles. The van der Waals surface area contributed by atoms with Crippen LogP contribution in [-0.2, 0) is 9.59 Å². The molecule has 1 aromatic carbocycles. The molecule has 3 heterocycles. The standard InChI is InChI=1S/C22H30N6O2S/c1-15-6-7-16(2)19(13-15)26-9-11-27(12-10-26)20(30)18-5-4-8-28(14-18)22-24-21(25-31-22)23-17(3)29/h6-7,13,18H,4-5,8-12,14H2,1-3H3,(H,23,25,29)/t18-/m0/s1. The highest BCUT2D eigenvalue weighted by molar-refractivity contribution is 7.09. The molecule has 0 spiro atoms. The molecule has 8 nitrogen and oxygen atoms in total. The maximum atomic E-state index is 13.2. The Labute approximate surface area is 187 Å². The Bertz CT molecular complexity index is 953. The minimum Gasteiger partial charge on any atom is -0.368 e. The number of rotatable bonds is 4. The molecule has 2 aliphatic rings. The summed E-state index contributed by atoms with van der Waals surface area (Å²) in [7, 11) is 0. The Morgan fingerprint density at radius 1 is 1.10 bits per heavy atom. The number of carbonyl (C=O) groups is 2. The molecule has 2 fully saturated rings. The van der Waals surface area contributed by atoms with Gasteiger partial charge in [-0.15, -0.1) is 0 Å². The van der Waals surface area contributed by atoms with Gasteiger partial charge in [0, 0.05) is 63.4 Å². The molecule has 1 N–H and O–H groups in total. The van der Waals surface area contributed by atoms with Crippen LogP contribution in [0, 0.1) is 19.8 Å². The summed E-state index contributed by atoms with van der Waals surface area (Å²) in [6, 6.07) is 6.55. The van der Waals surface area contributed by atoms with Crippen molar-refractivity contribution >= 4 is 40.1 Å². The predicted octanol–water partition coefficient (Wildman–Crippen LogP) is 2.68. The second-order valence-corrected chi connectivity index (χ2v) is 9.20. The minimum atomic E-state index is -0.184. The Morgan fingerprint density at radius 3 is 2.61 bits per heavy atom. The van der Waals surface area contributed by atoms with E-state index in [1.807, 2.05) is 4.90 Å². The number of nitrogens with zero attached hydrogens (tertiary/aromatic N) is 5. The van der Waals surface area contributed by atoms with E-state index in [-0.39, 0.29) is 17.7 Å². The number of aromatic nitrogens is 2. The van der Waals surface area contributed by atoms with Crippen LogP contribution in [0.5, 0.6) is 0 Å². The number of anilines is 3. The zero-order valence-corrected chi connectivity index (χ0v) is 19.2. The largest absolute Gasteiger partial charge is 0.368 e. The molecule has 0 radical (unpaired) electrons. The van der Waals surface area contributed by atoms with Crippen LogP contribution in [0.1, 0.15) is 30.9 Å². The molecule has 0 aliphatic carbocycles. The second-order valence-electron chi connectivity index (χ2n) is 8.47. The minimum absolute atomic E-state index is 0.0193. The van der Waals surface area contributed by atoms with Gasteiger partial charge in [-0.1, -0.05) is 12.1 Å². The van der Waals surface area contributed by atoms with Gasteiger partial charge in [-0.25, -0.2) is 0 Å². The van der Waals surface area contributed by atoms with E-state index in [2.05, 4.69) is 56.5 Å². The van der Waals surface area contributed by atoms with Gasteiger partial charge >= 0.3 is 0 Å².